The van der Waals surface area contributed by atoms with Crippen LogP contribution in [-0.2, 0) is 0 Å². The molecule has 1 atom stereocenters. The fourth-order valence-electron chi connectivity index (χ4n) is 1.26. The molecule has 1 unspecified atom stereocenters. The topological polar surface area (TPSA) is 82.9 Å². The molecule has 0 bridgehead atoms. The van der Waals surface area contributed by atoms with Crippen molar-refractivity contribution in [2.45, 2.75) is 13.0 Å². The van der Waals surface area contributed by atoms with Crippen LogP contribution in [0.4, 0.5) is 0 Å². The number of hydrogen-bond donors (Lipinski definition) is 2. The zero-order valence-corrected chi connectivity index (χ0v) is 10.6. The van der Waals surface area contributed by atoms with E-state index in [2.05, 4.69) is 4.99 Å². The largest absolute Gasteiger partial charge is 0.493 e. The number of rotatable bonds is 5. The Labute approximate surface area is 105 Å². The van der Waals surface area contributed by atoms with Crippen LogP contribution in [-0.4, -0.2) is 25.7 Å². The molecule has 0 heterocycles. The minimum absolute atomic E-state index is 0.0455. The van der Waals surface area contributed by atoms with E-state index in [1.165, 1.54) is 0 Å². The molecule has 4 N–H and O–H groups in total. The van der Waals surface area contributed by atoms with Crippen LogP contribution in [0.15, 0.2) is 23.2 Å². The Bertz CT molecular complexity index is 406. The maximum atomic E-state index is 5.84. The molecular formula is C11H16ClN3O2. The maximum absolute atomic E-state index is 5.84. The van der Waals surface area contributed by atoms with Gasteiger partial charge < -0.3 is 20.9 Å². The average molecular weight is 258 g/mol. The summed E-state index contributed by atoms with van der Waals surface area (Å²) in [5, 5.41) is 0.589. The molecule has 0 aliphatic heterocycles. The second-order valence-corrected chi connectivity index (χ2v) is 3.95. The molecule has 94 valence electrons. The number of nitrogens with two attached hydrogens (primary N) is 2. The van der Waals surface area contributed by atoms with Crippen molar-refractivity contribution in [2.75, 3.05) is 13.7 Å². The number of methoxy groups -OCH3 is 1. The monoisotopic (exact) mass is 257 g/mol. The van der Waals surface area contributed by atoms with Gasteiger partial charge in [-0.05, 0) is 19.1 Å². The van der Waals surface area contributed by atoms with Gasteiger partial charge in [-0.1, -0.05) is 11.6 Å². The van der Waals surface area contributed by atoms with Gasteiger partial charge in [-0.3, -0.25) is 0 Å². The Morgan fingerprint density at radius 3 is 2.71 bits per heavy atom. The Kier molecular flexibility index (Phi) is 4.90. The van der Waals surface area contributed by atoms with Crippen molar-refractivity contribution in [3.63, 3.8) is 0 Å². The van der Waals surface area contributed by atoms with E-state index in [0.29, 0.717) is 23.1 Å². The molecule has 0 fully saturated rings. The first-order valence-electron chi connectivity index (χ1n) is 5.08. The summed E-state index contributed by atoms with van der Waals surface area (Å²) in [6.07, 6.45) is 0. The van der Waals surface area contributed by atoms with E-state index in [1.807, 2.05) is 6.92 Å². The summed E-state index contributed by atoms with van der Waals surface area (Å²) in [5.41, 5.74) is 10.5. The molecule has 1 rings (SSSR count). The van der Waals surface area contributed by atoms with Crippen molar-refractivity contribution >= 4 is 17.6 Å². The van der Waals surface area contributed by atoms with E-state index in [1.54, 1.807) is 25.3 Å². The quantitative estimate of drug-likeness (QED) is 0.617. The van der Waals surface area contributed by atoms with E-state index in [-0.39, 0.29) is 12.0 Å². The van der Waals surface area contributed by atoms with Gasteiger partial charge in [0.1, 0.15) is 6.61 Å². The summed E-state index contributed by atoms with van der Waals surface area (Å²) < 4.78 is 10.7. The van der Waals surface area contributed by atoms with Crippen molar-refractivity contribution in [3.8, 4) is 11.5 Å². The van der Waals surface area contributed by atoms with Gasteiger partial charge in [-0.15, -0.1) is 0 Å². The van der Waals surface area contributed by atoms with Crippen molar-refractivity contribution < 1.29 is 9.47 Å². The van der Waals surface area contributed by atoms with Crippen molar-refractivity contribution in [1.82, 2.24) is 0 Å². The van der Waals surface area contributed by atoms with Crippen LogP contribution in [0.1, 0.15) is 6.92 Å². The summed E-state index contributed by atoms with van der Waals surface area (Å²) >= 11 is 5.84. The van der Waals surface area contributed by atoms with Gasteiger partial charge in [0.25, 0.3) is 0 Å². The lowest BCUT2D eigenvalue weighted by molar-refractivity contribution is 0.278. The molecule has 0 spiro atoms. The van der Waals surface area contributed by atoms with Crippen LogP contribution >= 0.6 is 11.6 Å². The minimum atomic E-state index is -0.125. The summed E-state index contributed by atoms with van der Waals surface area (Å²) in [4.78, 5) is 3.95. The molecule has 1 aromatic rings. The van der Waals surface area contributed by atoms with Crippen LogP contribution in [0, 0.1) is 0 Å². The van der Waals surface area contributed by atoms with E-state index < -0.39 is 0 Å². The molecule has 6 heteroatoms. The number of halogens is 1. The van der Waals surface area contributed by atoms with E-state index in [4.69, 9.17) is 32.5 Å². The van der Waals surface area contributed by atoms with Gasteiger partial charge in [0.05, 0.1) is 13.2 Å². The van der Waals surface area contributed by atoms with Crippen molar-refractivity contribution in [3.05, 3.63) is 23.2 Å². The lowest BCUT2D eigenvalue weighted by Crippen LogP contribution is -2.26. The molecular weight excluding hydrogens is 242 g/mol. The van der Waals surface area contributed by atoms with Gasteiger partial charge in [0, 0.05) is 11.1 Å². The molecule has 0 amide bonds. The number of guanidine groups is 1. The molecule has 0 aliphatic carbocycles. The maximum Gasteiger partial charge on any atom is 0.186 e. The number of aliphatic imine (C=N–C) groups is 1. The first-order valence-corrected chi connectivity index (χ1v) is 5.45. The van der Waals surface area contributed by atoms with Crippen molar-refractivity contribution in [2.24, 2.45) is 16.5 Å². The summed E-state index contributed by atoms with van der Waals surface area (Å²) in [6.45, 7) is 2.21. The second kappa shape index (κ2) is 6.20. The summed E-state index contributed by atoms with van der Waals surface area (Å²) in [5.74, 6) is 1.23. The van der Waals surface area contributed by atoms with Crippen LogP contribution in [0.3, 0.4) is 0 Å². The van der Waals surface area contributed by atoms with Crippen LogP contribution in [0.5, 0.6) is 11.5 Å². The number of benzene rings is 1. The Morgan fingerprint density at radius 2 is 2.12 bits per heavy atom. The molecule has 17 heavy (non-hydrogen) atoms. The highest BCUT2D eigenvalue weighted by atomic mass is 35.5. The molecule has 1 aromatic carbocycles. The molecule has 0 aliphatic rings. The van der Waals surface area contributed by atoms with Crippen LogP contribution in [0.25, 0.3) is 0 Å². The highest BCUT2D eigenvalue weighted by Gasteiger charge is 2.07. The molecule has 0 saturated heterocycles. The first-order chi connectivity index (χ1) is 8.02. The third-order valence-electron chi connectivity index (χ3n) is 1.98. The smallest absolute Gasteiger partial charge is 0.186 e. The van der Waals surface area contributed by atoms with Gasteiger partial charge in [-0.25, -0.2) is 4.99 Å². The fraction of sp³-hybridized carbons (Fsp3) is 0.364. The van der Waals surface area contributed by atoms with E-state index in [0.717, 1.165) is 0 Å². The number of ether oxygens (including phenoxy) is 2. The van der Waals surface area contributed by atoms with E-state index in [9.17, 15) is 0 Å². The van der Waals surface area contributed by atoms with E-state index >= 15 is 0 Å². The third kappa shape index (κ3) is 4.40. The fourth-order valence-corrected chi connectivity index (χ4v) is 1.42. The molecule has 0 saturated carbocycles. The van der Waals surface area contributed by atoms with Crippen molar-refractivity contribution in [1.29, 1.82) is 0 Å². The predicted octanol–water partition coefficient (Wildman–Crippen LogP) is 1.39. The lowest BCUT2D eigenvalue weighted by atomic mass is 10.3. The summed E-state index contributed by atoms with van der Waals surface area (Å²) in [6, 6.07) is 5.02. The second-order valence-electron chi connectivity index (χ2n) is 3.51. The normalized spacial score (nSPS) is 11.7. The third-order valence-corrected chi connectivity index (χ3v) is 2.21. The Morgan fingerprint density at radius 1 is 1.41 bits per heavy atom. The van der Waals surface area contributed by atoms with Crippen LogP contribution < -0.4 is 20.9 Å². The Hall–Kier alpha value is -1.62. The highest BCUT2D eigenvalue weighted by molar-refractivity contribution is 6.30. The zero-order valence-electron chi connectivity index (χ0n) is 9.81. The Balaban J connectivity index is 2.66. The summed E-state index contributed by atoms with van der Waals surface area (Å²) in [7, 11) is 1.55. The van der Waals surface area contributed by atoms with Gasteiger partial charge in [0.15, 0.2) is 17.5 Å². The van der Waals surface area contributed by atoms with Gasteiger partial charge in [-0.2, -0.15) is 0 Å². The highest BCUT2D eigenvalue weighted by Crippen LogP contribution is 2.30. The van der Waals surface area contributed by atoms with Gasteiger partial charge in [0.2, 0.25) is 0 Å². The molecule has 5 nitrogen and oxygen atoms in total. The lowest BCUT2D eigenvalue weighted by Gasteiger charge is -2.12. The number of hydrogen-bond acceptors (Lipinski definition) is 3. The van der Waals surface area contributed by atoms with Crippen LogP contribution in [0.2, 0.25) is 5.02 Å². The first kappa shape index (κ1) is 13.4. The average Bonchev–Trinajstić information content (AvgIpc) is 2.26. The standard InChI is InChI=1S/C11H16ClN3O2/c1-7(15-11(13)14)6-17-9-4-3-8(12)5-10(9)16-2/h3-5,7H,6H2,1-2H3,(H4,13,14,15). The SMILES string of the molecule is COc1cc(Cl)ccc1OCC(C)N=C(N)N. The van der Waals surface area contributed by atoms with Gasteiger partial charge >= 0.3 is 0 Å². The predicted molar refractivity (Wildman–Crippen MR) is 68.8 cm³/mol. The minimum Gasteiger partial charge on any atom is -0.493 e. The zero-order chi connectivity index (χ0) is 12.8. The number of nitrogens with zero attached hydrogens (tertiary/aromatic N) is 1. The molecule has 0 radical (unpaired) electrons. The molecule has 0 aromatic heterocycles.